The molecule has 3 atom stereocenters. The molecule has 22 heavy (non-hydrogen) atoms. The van der Waals surface area contributed by atoms with E-state index in [0.29, 0.717) is 6.04 Å². The van der Waals surface area contributed by atoms with Gasteiger partial charge in [0.1, 0.15) is 5.82 Å². The Kier molecular flexibility index (Phi) is 3.45. The normalized spacial score (nSPS) is 28.0. The van der Waals surface area contributed by atoms with Crippen LogP contribution in [0.1, 0.15) is 37.4 Å². The summed E-state index contributed by atoms with van der Waals surface area (Å²) in [5.41, 5.74) is 3.23. The number of halogens is 1. The number of fused-ring (bicyclic) bond motifs is 2. The molecule has 1 saturated heterocycles. The fourth-order valence-corrected chi connectivity index (χ4v) is 4.11. The molecule has 0 N–H and O–H groups in total. The van der Waals surface area contributed by atoms with E-state index in [-0.39, 0.29) is 5.82 Å². The first-order chi connectivity index (χ1) is 10.7. The van der Waals surface area contributed by atoms with E-state index >= 15 is 0 Å². The van der Waals surface area contributed by atoms with E-state index < -0.39 is 0 Å². The largest absolute Gasteiger partial charge is 0.295 e. The van der Waals surface area contributed by atoms with Crippen molar-refractivity contribution < 1.29 is 4.39 Å². The number of pyridine rings is 1. The van der Waals surface area contributed by atoms with Crippen molar-refractivity contribution in [2.24, 2.45) is 5.92 Å². The molecule has 3 unspecified atom stereocenters. The molecule has 2 heterocycles. The SMILES string of the molecule is CN1C2CCC(C2)CC1c1ccc(-c2ccc(F)cc2)cn1. The highest BCUT2D eigenvalue weighted by molar-refractivity contribution is 5.62. The average Bonchev–Trinajstić information content (AvgIpc) is 2.96. The van der Waals surface area contributed by atoms with E-state index in [2.05, 4.69) is 24.1 Å². The summed E-state index contributed by atoms with van der Waals surface area (Å²) in [5.74, 6) is 0.678. The molecule has 1 aromatic carbocycles. The maximum atomic E-state index is 13.0. The predicted octanol–water partition coefficient (Wildman–Crippen LogP) is 4.43. The highest BCUT2D eigenvalue weighted by Crippen LogP contribution is 2.44. The molecular formula is C19H21FN2. The summed E-state index contributed by atoms with van der Waals surface area (Å²) in [6.07, 6.45) is 7.23. The minimum Gasteiger partial charge on any atom is -0.295 e. The van der Waals surface area contributed by atoms with E-state index in [4.69, 9.17) is 4.98 Å². The summed E-state index contributed by atoms with van der Waals surface area (Å²) in [7, 11) is 2.24. The second-order valence-corrected chi connectivity index (χ2v) is 6.73. The van der Waals surface area contributed by atoms with Crippen LogP contribution in [0.4, 0.5) is 4.39 Å². The van der Waals surface area contributed by atoms with E-state index in [1.807, 2.05) is 6.20 Å². The quantitative estimate of drug-likeness (QED) is 0.815. The monoisotopic (exact) mass is 296 g/mol. The van der Waals surface area contributed by atoms with Gasteiger partial charge in [-0.25, -0.2) is 4.39 Å². The molecule has 2 aromatic rings. The van der Waals surface area contributed by atoms with Gasteiger partial charge in [-0.15, -0.1) is 0 Å². The first kappa shape index (κ1) is 13.9. The van der Waals surface area contributed by atoms with Gasteiger partial charge in [0, 0.05) is 17.8 Å². The lowest BCUT2D eigenvalue weighted by Gasteiger charge is -2.37. The van der Waals surface area contributed by atoms with Gasteiger partial charge in [-0.05, 0) is 62.4 Å². The van der Waals surface area contributed by atoms with Crippen molar-refractivity contribution in [1.29, 1.82) is 0 Å². The molecule has 2 aliphatic rings. The Balaban J connectivity index is 1.58. The zero-order valence-electron chi connectivity index (χ0n) is 12.9. The summed E-state index contributed by atoms with van der Waals surface area (Å²) in [6, 6.07) is 12.0. The van der Waals surface area contributed by atoms with Crippen LogP contribution in [0.15, 0.2) is 42.6 Å². The molecular weight excluding hydrogens is 275 g/mol. The van der Waals surface area contributed by atoms with Gasteiger partial charge in [-0.3, -0.25) is 9.88 Å². The van der Waals surface area contributed by atoms with E-state index in [0.717, 1.165) is 23.1 Å². The lowest BCUT2D eigenvalue weighted by molar-refractivity contribution is 0.116. The first-order valence-electron chi connectivity index (χ1n) is 8.14. The van der Waals surface area contributed by atoms with Crippen LogP contribution in [-0.2, 0) is 0 Å². The molecule has 4 rings (SSSR count). The van der Waals surface area contributed by atoms with Crippen LogP contribution in [0.2, 0.25) is 0 Å². The maximum absolute atomic E-state index is 13.0. The molecule has 2 nitrogen and oxygen atoms in total. The van der Waals surface area contributed by atoms with Crippen LogP contribution in [0.3, 0.4) is 0 Å². The van der Waals surface area contributed by atoms with Crippen molar-refractivity contribution in [3.63, 3.8) is 0 Å². The molecule has 1 aromatic heterocycles. The molecule has 0 radical (unpaired) electrons. The van der Waals surface area contributed by atoms with Crippen molar-refractivity contribution in [3.8, 4) is 11.1 Å². The highest BCUT2D eigenvalue weighted by Gasteiger charge is 2.38. The lowest BCUT2D eigenvalue weighted by Crippen LogP contribution is -2.37. The van der Waals surface area contributed by atoms with Crippen LogP contribution in [0.25, 0.3) is 11.1 Å². The van der Waals surface area contributed by atoms with E-state index in [9.17, 15) is 4.39 Å². The second kappa shape index (κ2) is 5.47. The first-order valence-corrected chi connectivity index (χ1v) is 8.14. The summed E-state index contributed by atoms with van der Waals surface area (Å²) >= 11 is 0. The highest BCUT2D eigenvalue weighted by atomic mass is 19.1. The van der Waals surface area contributed by atoms with Crippen molar-refractivity contribution in [3.05, 3.63) is 54.1 Å². The van der Waals surface area contributed by atoms with Gasteiger partial charge in [0.25, 0.3) is 0 Å². The van der Waals surface area contributed by atoms with Crippen LogP contribution < -0.4 is 0 Å². The maximum Gasteiger partial charge on any atom is 0.123 e. The zero-order valence-corrected chi connectivity index (χ0v) is 12.9. The number of rotatable bonds is 2. The van der Waals surface area contributed by atoms with Gasteiger partial charge < -0.3 is 0 Å². The Morgan fingerprint density at radius 1 is 1.00 bits per heavy atom. The molecule has 2 fully saturated rings. The number of hydrogen-bond donors (Lipinski definition) is 0. The van der Waals surface area contributed by atoms with Crippen molar-refractivity contribution in [2.45, 2.75) is 37.8 Å². The molecule has 0 amide bonds. The standard InChI is InChI=1S/C19H21FN2/c1-22-17-8-2-13(10-17)11-19(22)18-9-5-15(12-21-18)14-3-6-16(20)7-4-14/h3-7,9,12-13,17,19H,2,8,10-11H2,1H3. The van der Waals surface area contributed by atoms with E-state index in [1.54, 1.807) is 12.1 Å². The third-order valence-corrected chi connectivity index (χ3v) is 5.44. The number of hydrogen-bond acceptors (Lipinski definition) is 2. The summed E-state index contributed by atoms with van der Waals surface area (Å²) < 4.78 is 13.0. The number of benzene rings is 1. The number of aromatic nitrogens is 1. The predicted molar refractivity (Wildman–Crippen MR) is 85.9 cm³/mol. The Morgan fingerprint density at radius 3 is 2.50 bits per heavy atom. The van der Waals surface area contributed by atoms with Gasteiger partial charge in [0.15, 0.2) is 0 Å². The molecule has 1 saturated carbocycles. The Hall–Kier alpha value is -1.74. The average molecular weight is 296 g/mol. The van der Waals surface area contributed by atoms with Crippen molar-refractivity contribution in [2.75, 3.05) is 7.05 Å². The van der Waals surface area contributed by atoms with E-state index in [1.165, 1.54) is 43.5 Å². The molecule has 3 heteroatoms. The minimum atomic E-state index is -0.201. The fraction of sp³-hybridized carbons (Fsp3) is 0.421. The Labute approximate surface area is 131 Å². The van der Waals surface area contributed by atoms with Gasteiger partial charge >= 0.3 is 0 Å². The van der Waals surface area contributed by atoms with Crippen LogP contribution in [0, 0.1) is 11.7 Å². The number of likely N-dealkylation sites (tertiary alicyclic amines) is 1. The van der Waals surface area contributed by atoms with Crippen molar-refractivity contribution >= 4 is 0 Å². The summed E-state index contributed by atoms with van der Waals surface area (Å²) in [4.78, 5) is 7.23. The third kappa shape index (κ3) is 2.44. The zero-order chi connectivity index (χ0) is 15.1. The molecule has 2 bridgehead atoms. The Morgan fingerprint density at radius 2 is 1.77 bits per heavy atom. The van der Waals surface area contributed by atoms with Crippen LogP contribution in [0.5, 0.6) is 0 Å². The lowest BCUT2D eigenvalue weighted by atomic mass is 9.90. The van der Waals surface area contributed by atoms with Gasteiger partial charge in [0.2, 0.25) is 0 Å². The van der Waals surface area contributed by atoms with Crippen LogP contribution >= 0.6 is 0 Å². The number of piperidine rings is 1. The minimum absolute atomic E-state index is 0.201. The summed E-state index contributed by atoms with van der Waals surface area (Å²) in [5, 5.41) is 0. The smallest absolute Gasteiger partial charge is 0.123 e. The Bertz CT molecular complexity index is 650. The second-order valence-electron chi connectivity index (χ2n) is 6.73. The van der Waals surface area contributed by atoms with Crippen LogP contribution in [-0.4, -0.2) is 23.0 Å². The van der Waals surface area contributed by atoms with Gasteiger partial charge in [-0.1, -0.05) is 18.2 Å². The topological polar surface area (TPSA) is 16.1 Å². The molecule has 114 valence electrons. The molecule has 0 spiro atoms. The molecule has 1 aliphatic heterocycles. The fourth-order valence-electron chi connectivity index (χ4n) is 4.11. The number of nitrogens with zero attached hydrogens (tertiary/aromatic N) is 2. The van der Waals surface area contributed by atoms with Crippen molar-refractivity contribution in [1.82, 2.24) is 9.88 Å². The summed E-state index contributed by atoms with van der Waals surface area (Å²) in [6.45, 7) is 0. The molecule has 1 aliphatic carbocycles. The third-order valence-electron chi connectivity index (χ3n) is 5.44. The van der Waals surface area contributed by atoms with Gasteiger partial charge in [0.05, 0.1) is 11.7 Å². The van der Waals surface area contributed by atoms with Gasteiger partial charge in [-0.2, -0.15) is 0 Å².